The maximum Gasteiger partial charge on any atom is 0.194 e. The number of nitrogens with two attached hydrogens (primary N) is 1. The van der Waals surface area contributed by atoms with Crippen LogP contribution in [-0.4, -0.2) is 6.61 Å². The van der Waals surface area contributed by atoms with Crippen molar-refractivity contribution in [3.63, 3.8) is 0 Å². The lowest BCUT2D eigenvalue weighted by Crippen LogP contribution is -2.30. The summed E-state index contributed by atoms with van der Waals surface area (Å²) < 4.78 is 46.0. The molecule has 0 bridgehead atoms. The van der Waals surface area contributed by atoms with E-state index in [1.165, 1.54) is 6.07 Å². The first-order valence-corrected chi connectivity index (χ1v) is 6.47. The Balaban J connectivity index is 2.12. The maximum absolute atomic E-state index is 14.0. The van der Waals surface area contributed by atoms with E-state index >= 15 is 0 Å². The van der Waals surface area contributed by atoms with Gasteiger partial charge in [0.2, 0.25) is 0 Å². The van der Waals surface area contributed by atoms with Gasteiger partial charge in [-0.2, -0.15) is 0 Å². The van der Waals surface area contributed by atoms with E-state index < -0.39 is 23.5 Å². The van der Waals surface area contributed by atoms with Gasteiger partial charge in [-0.3, -0.25) is 5.84 Å². The monoisotopic (exact) mass is 294 g/mol. The smallest absolute Gasteiger partial charge is 0.194 e. The zero-order chi connectivity index (χ0) is 15.0. The first kappa shape index (κ1) is 13.9. The zero-order valence-electron chi connectivity index (χ0n) is 11.0. The van der Waals surface area contributed by atoms with Crippen molar-refractivity contribution in [1.29, 1.82) is 0 Å². The van der Waals surface area contributed by atoms with Crippen molar-refractivity contribution >= 4 is 0 Å². The average Bonchev–Trinajstić information content (AvgIpc) is 2.97. The number of hydrogen-bond acceptors (Lipinski definition) is 3. The van der Waals surface area contributed by atoms with Gasteiger partial charge in [0.05, 0.1) is 12.6 Å². The molecule has 0 radical (unpaired) electrons. The number of nitrogens with one attached hydrogen (secondary N) is 1. The van der Waals surface area contributed by atoms with E-state index in [-0.39, 0.29) is 5.56 Å². The Morgan fingerprint density at radius 3 is 2.62 bits per heavy atom. The van der Waals surface area contributed by atoms with Crippen LogP contribution >= 0.6 is 0 Å². The lowest BCUT2D eigenvalue weighted by Gasteiger charge is -2.20. The van der Waals surface area contributed by atoms with Crippen LogP contribution in [0.15, 0.2) is 30.3 Å². The van der Waals surface area contributed by atoms with Crippen LogP contribution in [-0.2, 0) is 6.42 Å². The molecule has 1 aliphatic heterocycles. The molecule has 1 unspecified atom stereocenters. The van der Waals surface area contributed by atoms with Crippen LogP contribution in [0.2, 0.25) is 0 Å². The summed E-state index contributed by atoms with van der Waals surface area (Å²) >= 11 is 0. The van der Waals surface area contributed by atoms with E-state index in [4.69, 9.17) is 10.6 Å². The Bertz CT molecular complexity index is 691. The Hall–Kier alpha value is -2.05. The minimum absolute atomic E-state index is 0.0692. The molecular formula is C15H13F3N2O. The molecule has 1 heterocycles. The molecule has 0 aromatic heterocycles. The van der Waals surface area contributed by atoms with E-state index in [0.29, 0.717) is 17.9 Å². The molecule has 0 aliphatic carbocycles. The minimum atomic E-state index is -1.51. The van der Waals surface area contributed by atoms with Gasteiger partial charge >= 0.3 is 0 Å². The topological polar surface area (TPSA) is 47.3 Å². The second-order valence-electron chi connectivity index (χ2n) is 4.80. The van der Waals surface area contributed by atoms with Gasteiger partial charge < -0.3 is 4.74 Å². The highest BCUT2D eigenvalue weighted by atomic mass is 19.2. The third kappa shape index (κ3) is 2.26. The van der Waals surface area contributed by atoms with Crippen LogP contribution in [0.5, 0.6) is 5.75 Å². The summed E-state index contributed by atoms with van der Waals surface area (Å²) in [5, 5.41) is 0. The molecule has 0 saturated heterocycles. The van der Waals surface area contributed by atoms with Gasteiger partial charge in [0.25, 0.3) is 0 Å². The molecule has 0 fully saturated rings. The molecule has 110 valence electrons. The predicted octanol–water partition coefficient (Wildman–Crippen LogP) is 2.59. The molecule has 0 amide bonds. The highest BCUT2D eigenvalue weighted by Crippen LogP contribution is 2.37. The number of hydrogen-bond donors (Lipinski definition) is 2. The summed E-state index contributed by atoms with van der Waals surface area (Å²) in [6.45, 7) is 0.532. The minimum Gasteiger partial charge on any atom is -0.493 e. The van der Waals surface area contributed by atoms with Crippen molar-refractivity contribution in [3.05, 3.63) is 64.5 Å². The predicted molar refractivity (Wildman–Crippen MR) is 71.1 cm³/mol. The summed E-state index contributed by atoms with van der Waals surface area (Å²) in [5.74, 6) is 2.11. The van der Waals surface area contributed by atoms with Crippen molar-refractivity contribution < 1.29 is 17.9 Å². The van der Waals surface area contributed by atoms with Gasteiger partial charge in [0.1, 0.15) is 5.75 Å². The van der Waals surface area contributed by atoms with Crippen molar-refractivity contribution in [2.45, 2.75) is 12.5 Å². The van der Waals surface area contributed by atoms with Crippen LogP contribution in [0.4, 0.5) is 13.2 Å². The normalized spacial score (nSPS) is 14.7. The lowest BCUT2D eigenvalue weighted by atomic mass is 9.95. The van der Waals surface area contributed by atoms with Gasteiger partial charge in [-0.25, -0.2) is 18.6 Å². The molecule has 0 spiro atoms. The molecule has 2 aromatic rings. The SMILES string of the molecule is NNC(c1ccc(F)c(F)c1F)c1cccc2c1OCC2. The van der Waals surface area contributed by atoms with Crippen molar-refractivity contribution in [2.75, 3.05) is 6.61 Å². The molecule has 21 heavy (non-hydrogen) atoms. The van der Waals surface area contributed by atoms with Gasteiger partial charge in [-0.15, -0.1) is 0 Å². The summed E-state index contributed by atoms with van der Waals surface area (Å²) in [5.41, 5.74) is 3.95. The fourth-order valence-electron chi connectivity index (χ4n) is 2.58. The Morgan fingerprint density at radius 1 is 1.05 bits per heavy atom. The molecule has 2 aromatic carbocycles. The largest absolute Gasteiger partial charge is 0.493 e. The number of ether oxygens (including phenoxy) is 1. The number of para-hydroxylation sites is 1. The fourth-order valence-corrected chi connectivity index (χ4v) is 2.58. The molecule has 0 saturated carbocycles. The van der Waals surface area contributed by atoms with Gasteiger partial charge in [0.15, 0.2) is 17.5 Å². The molecule has 1 aliphatic rings. The highest BCUT2D eigenvalue weighted by molar-refractivity contribution is 5.48. The quantitative estimate of drug-likeness (QED) is 0.519. The molecule has 3 N–H and O–H groups in total. The third-order valence-corrected chi connectivity index (χ3v) is 3.60. The molecular weight excluding hydrogens is 281 g/mol. The van der Waals surface area contributed by atoms with Gasteiger partial charge in [-0.05, 0) is 11.6 Å². The number of fused-ring (bicyclic) bond motifs is 1. The first-order chi connectivity index (χ1) is 10.1. The molecule has 3 rings (SSSR count). The zero-order valence-corrected chi connectivity index (χ0v) is 11.0. The third-order valence-electron chi connectivity index (χ3n) is 3.60. The summed E-state index contributed by atoms with van der Waals surface area (Å²) in [7, 11) is 0. The second-order valence-corrected chi connectivity index (χ2v) is 4.80. The summed E-state index contributed by atoms with van der Waals surface area (Å²) in [6, 6.07) is 6.64. The van der Waals surface area contributed by atoms with Crippen molar-refractivity contribution in [1.82, 2.24) is 5.43 Å². The Morgan fingerprint density at radius 2 is 1.86 bits per heavy atom. The fraction of sp³-hybridized carbons (Fsp3) is 0.200. The number of halogens is 3. The first-order valence-electron chi connectivity index (χ1n) is 6.47. The molecule has 3 nitrogen and oxygen atoms in total. The van der Waals surface area contributed by atoms with Crippen LogP contribution in [0.3, 0.4) is 0 Å². The molecule has 1 atom stereocenters. The number of hydrazine groups is 1. The number of benzene rings is 2. The standard InChI is InChI=1S/C15H13F3N2O/c16-11-5-4-9(12(17)13(11)18)14(20-19)10-3-1-2-8-6-7-21-15(8)10/h1-5,14,20H,6-7,19H2. The summed E-state index contributed by atoms with van der Waals surface area (Å²) in [6.07, 6.45) is 0.751. The number of rotatable bonds is 3. The molecule has 6 heteroatoms. The van der Waals surface area contributed by atoms with Gasteiger partial charge in [0, 0.05) is 17.5 Å². The summed E-state index contributed by atoms with van der Waals surface area (Å²) in [4.78, 5) is 0. The van der Waals surface area contributed by atoms with Crippen LogP contribution < -0.4 is 16.0 Å². The van der Waals surface area contributed by atoms with Crippen LogP contribution in [0, 0.1) is 17.5 Å². The highest BCUT2D eigenvalue weighted by Gasteiger charge is 2.26. The Labute approximate surface area is 119 Å². The van der Waals surface area contributed by atoms with E-state index in [1.807, 2.05) is 6.07 Å². The van der Waals surface area contributed by atoms with E-state index in [0.717, 1.165) is 18.1 Å². The maximum atomic E-state index is 14.0. The average molecular weight is 294 g/mol. The van der Waals surface area contributed by atoms with E-state index in [1.54, 1.807) is 12.1 Å². The van der Waals surface area contributed by atoms with Gasteiger partial charge in [-0.1, -0.05) is 24.3 Å². The lowest BCUT2D eigenvalue weighted by molar-refractivity contribution is 0.349. The Kier molecular flexibility index (Phi) is 3.57. The van der Waals surface area contributed by atoms with Crippen molar-refractivity contribution in [3.8, 4) is 5.75 Å². The van der Waals surface area contributed by atoms with Crippen LogP contribution in [0.1, 0.15) is 22.7 Å². The van der Waals surface area contributed by atoms with E-state index in [9.17, 15) is 13.2 Å². The van der Waals surface area contributed by atoms with Crippen LogP contribution in [0.25, 0.3) is 0 Å². The van der Waals surface area contributed by atoms with E-state index in [2.05, 4.69) is 5.43 Å². The second kappa shape index (κ2) is 5.38. The van der Waals surface area contributed by atoms with Crippen molar-refractivity contribution in [2.24, 2.45) is 5.84 Å².